The summed E-state index contributed by atoms with van der Waals surface area (Å²) in [6, 6.07) is 4.30. The van der Waals surface area contributed by atoms with Crippen molar-refractivity contribution in [2.45, 2.75) is 78.6 Å². The van der Waals surface area contributed by atoms with E-state index in [1.165, 1.54) is 13.8 Å². The van der Waals surface area contributed by atoms with Crippen LogP contribution in [-0.4, -0.2) is 79.2 Å². The first-order chi connectivity index (χ1) is 18.4. The third-order valence-corrected chi connectivity index (χ3v) is 5.91. The van der Waals surface area contributed by atoms with E-state index in [0.717, 1.165) is 19.4 Å². The largest absolute Gasteiger partial charge is 0.463 e. The molecule has 5 atom stereocenters. The molecule has 0 bridgehead atoms. The van der Waals surface area contributed by atoms with Crippen LogP contribution in [0.4, 0.5) is 5.69 Å². The molecular weight excluding hydrogens is 514 g/mol. The minimum absolute atomic E-state index is 0.0232. The van der Waals surface area contributed by atoms with E-state index in [4.69, 9.17) is 23.8 Å². The highest BCUT2D eigenvalue weighted by atomic mass is 16.8. The van der Waals surface area contributed by atoms with Gasteiger partial charge in [-0.1, -0.05) is 23.7 Å². The highest BCUT2D eigenvalue weighted by Crippen LogP contribution is 2.32. The molecule has 2 amide bonds. The summed E-state index contributed by atoms with van der Waals surface area (Å²) in [6.45, 7) is 8.58. The lowest BCUT2D eigenvalue weighted by atomic mass is 9.96. The maximum absolute atomic E-state index is 13.2. The maximum Gasteiger partial charge on any atom is 0.303 e. The Labute approximate surface area is 225 Å². The smallest absolute Gasteiger partial charge is 0.303 e. The van der Waals surface area contributed by atoms with Crippen LogP contribution in [0.3, 0.4) is 0 Å². The molecule has 2 aliphatic rings. The van der Waals surface area contributed by atoms with E-state index >= 15 is 0 Å². The quantitative estimate of drug-likeness (QED) is 0.270. The molecule has 3 rings (SSSR count). The molecule has 0 aliphatic carbocycles. The molecular formula is C26H33N3O10. The molecule has 2 aliphatic heterocycles. The summed E-state index contributed by atoms with van der Waals surface area (Å²) in [5, 5.41) is 6.71. The first-order valence-corrected chi connectivity index (χ1v) is 12.5. The van der Waals surface area contributed by atoms with Crippen molar-refractivity contribution in [3.05, 3.63) is 29.3 Å². The summed E-state index contributed by atoms with van der Waals surface area (Å²) >= 11 is 0. The standard InChI is InChI=1S/C26H33N3O10/c1-7-10-29-19-9-8-13(2)11-18(19)21(25(29)34)28-39-26-22(27-14(3)30)24(37-17(6)33)23(36-16(5)32)20(38-26)12-35-15(4)31/h8-9,11,20,22-24,26H,7,10,12H2,1-6H3,(H,27,30)/b28-21+/t20-,22+,23+,24-,26-/m0/s1. The number of amides is 2. The number of oxime groups is 1. The fourth-order valence-corrected chi connectivity index (χ4v) is 4.45. The van der Waals surface area contributed by atoms with Crippen molar-refractivity contribution >= 4 is 41.1 Å². The first kappa shape index (κ1) is 29.6. The van der Waals surface area contributed by atoms with Gasteiger partial charge >= 0.3 is 17.9 Å². The lowest BCUT2D eigenvalue weighted by molar-refractivity contribution is -0.278. The number of nitrogens with one attached hydrogen (secondary N) is 1. The number of hydrogen-bond acceptors (Lipinski definition) is 11. The summed E-state index contributed by atoms with van der Waals surface area (Å²) < 4.78 is 21.8. The Kier molecular flexibility index (Phi) is 9.62. The van der Waals surface area contributed by atoms with Gasteiger partial charge in [0.2, 0.25) is 5.91 Å². The fourth-order valence-electron chi connectivity index (χ4n) is 4.45. The molecule has 39 heavy (non-hydrogen) atoms. The van der Waals surface area contributed by atoms with Gasteiger partial charge in [-0.15, -0.1) is 0 Å². The predicted molar refractivity (Wildman–Crippen MR) is 135 cm³/mol. The second-order valence-electron chi connectivity index (χ2n) is 9.24. The molecule has 0 radical (unpaired) electrons. The van der Waals surface area contributed by atoms with Crippen molar-refractivity contribution in [2.75, 3.05) is 18.1 Å². The number of benzene rings is 1. The van der Waals surface area contributed by atoms with E-state index in [1.54, 1.807) is 11.0 Å². The SMILES string of the molecule is CCCN1C(=O)/C(=N/O[C@@H]2O[C@@H](COC(C)=O)[C@@H](OC(C)=O)[C@@H](OC(C)=O)[C@H]2NC(C)=O)c2cc(C)ccc21. The van der Waals surface area contributed by atoms with Gasteiger partial charge in [0.15, 0.2) is 17.9 Å². The summed E-state index contributed by atoms with van der Waals surface area (Å²) in [7, 11) is 0. The molecule has 13 nitrogen and oxygen atoms in total. The minimum atomic E-state index is -1.43. The molecule has 212 valence electrons. The molecule has 0 spiro atoms. The van der Waals surface area contributed by atoms with E-state index in [-0.39, 0.29) is 18.2 Å². The highest BCUT2D eigenvalue weighted by Gasteiger charge is 2.52. The third kappa shape index (κ3) is 7.11. The van der Waals surface area contributed by atoms with Crippen molar-refractivity contribution in [3.8, 4) is 0 Å². The molecule has 1 saturated heterocycles. The van der Waals surface area contributed by atoms with Crippen LogP contribution in [0.2, 0.25) is 0 Å². The number of carbonyl (C=O) groups excluding carboxylic acids is 5. The second-order valence-corrected chi connectivity index (χ2v) is 9.24. The summed E-state index contributed by atoms with van der Waals surface area (Å²) in [5.41, 5.74) is 2.16. The molecule has 1 fully saturated rings. The number of aryl methyl sites for hydroxylation is 1. The topological polar surface area (TPSA) is 159 Å². The van der Waals surface area contributed by atoms with Crippen molar-refractivity contribution in [1.82, 2.24) is 5.32 Å². The fraction of sp³-hybridized carbons (Fsp3) is 0.538. The van der Waals surface area contributed by atoms with E-state index in [9.17, 15) is 24.0 Å². The van der Waals surface area contributed by atoms with Gasteiger partial charge in [0, 0.05) is 39.8 Å². The van der Waals surface area contributed by atoms with Gasteiger partial charge in [-0.3, -0.25) is 24.0 Å². The van der Waals surface area contributed by atoms with Gasteiger partial charge in [-0.05, 0) is 25.5 Å². The molecule has 1 N–H and O–H groups in total. The summed E-state index contributed by atoms with van der Waals surface area (Å²) in [4.78, 5) is 68.1. The highest BCUT2D eigenvalue weighted by molar-refractivity contribution is 6.54. The van der Waals surface area contributed by atoms with Crippen LogP contribution in [-0.2, 0) is 47.8 Å². The lowest BCUT2D eigenvalue weighted by Gasteiger charge is -2.43. The van der Waals surface area contributed by atoms with Crippen LogP contribution >= 0.6 is 0 Å². The van der Waals surface area contributed by atoms with E-state index < -0.39 is 54.5 Å². The van der Waals surface area contributed by atoms with Gasteiger partial charge < -0.3 is 34.0 Å². The number of hydrogen-bond donors (Lipinski definition) is 1. The summed E-state index contributed by atoms with van der Waals surface area (Å²) in [5.74, 6) is -3.01. The zero-order valence-corrected chi connectivity index (χ0v) is 22.7. The van der Waals surface area contributed by atoms with Crippen molar-refractivity contribution in [2.24, 2.45) is 5.16 Å². The molecule has 1 aromatic carbocycles. The molecule has 0 aromatic heterocycles. The van der Waals surface area contributed by atoms with E-state index in [1.807, 2.05) is 26.0 Å². The summed E-state index contributed by atoms with van der Waals surface area (Å²) in [6.07, 6.45) is -4.46. The van der Waals surface area contributed by atoms with Crippen LogP contribution in [0, 0.1) is 6.92 Å². The maximum atomic E-state index is 13.2. The Hall–Kier alpha value is -4.00. The van der Waals surface area contributed by atoms with E-state index in [0.29, 0.717) is 24.2 Å². The van der Waals surface area contributed by atoms with Crippen LogP contribution < -0.4 is 10.2 Å². The number of rotatable bonds is 9. The Bertz CT molecular complexity index is 1170. The molecule has 2 heterocycles. The van der Waals surface area contributed by atoms with Crippen LogP contribution in [0.1, 0.15) is 52.2 Å². The van der Waals surface area contributed by atoms with Gasteiger partial charge in [0.05, 0.1) is 5.69 Å². The van der Waals surface area contributed by atoms with Gasteiger partial charge in [-0.25, -0.2) is 0 Å². The van der Waals surface area contributed by atoms with Crippen molar-refractivity contribution in [3.63, 3.8) is 0 Å². The number of carbonyl (C=O) groups is 5. The van der Waals surface area contributed by atoms with Crippen LogP contribution in [0.25, 0.3) is 0 Å². The number of nitrogens with zero attached hydrogens (tertiary/aromatic N) is 2. The number of fused-ring (bicyclic) bond motifs is 1. The molecule has 0 saturated carbocycles. The Morgan fingerprint density at radius 3 is 2.28 bits per heavy atom. The van der Waals surface area contributed by atoms with Crippen molar-refractivity contribution < 1.29 is 47.8 Å². The van der Waals surface area contributed by atoms with Gasteiger partial charge in [0.25, 0.3) is 12.2 Å². The monoisotopic (exact) mass is 547 g/mol. The number of anilines is 1. The van der Waals surface area contributed by atoms with Crippen LogP contribution in [0.15, 0.2) is 23.4 Å². The van der Waals surface area contributed by atoms with E-state index in [2.05, 4.69) is 10.5 Å². The zero-order valence-electron chi connectivity index (χ0n) is 22.7. The zero-order chi connectivity index (χ0) is 28.9. The van der Waals surface area contributed by atoms with Gasteiger partial charge in [-0.2, -0.15) is 0 Å². The average molecular weight is 548 g/mol. The third-order valence-electron chi connectivity index (χ3n) is 5.91. The minimum Gasteiger partial charge on any atom is -0.463 e. The number of ether oxygens (including phenoxy) is 4. The Morgan fingerprint density at radius 2 is 1.69 bits per heavy atom. The second kappa shape index (κ2) is 12.7. The number of esters is 3. The molecule has 0 unspecified atom stereocenters. The Balaban J connectivity index is 2.02. The molecule has 13 heteroatoms. The van der Waals surface area contributed by atoms with Gasteiger partial charge in [0.1, 0.15) is 18.8 Å². The lowest BCUT2D eigenvalue weighted by Crippen LogP contribution is -2.66. The van der Waals surface area contributed by atoms with Crippen LogP contribution in [0.5, 0.6) is 0 Å². The van der Waals surface area contributed by atoms with Crippen molar-refractivity contribution in [1.29, 1.82) is 0 Å². The average Bonchev–Trinajstić information content (AvgIpc) is 3.09. The normalized spacial score (nSPS) is 25.1. The molecule has 1 aromatic rings. The predicted octanol–water partition coefficient (Wildman–Crippen LogP) is 1.13. The first-order valence-electron chi connectivity index (χ1n) is 12.5. The Morgan fingerprint density at radius 1 is 1.03 bits per heavy atom.